The van der Waals surface area contributed by atoms with E-state index in [9.17, 15) is 19.6 Å². The van der Waals surface area contributed by atoms with E-state index < -0.39 is 35.4 Å². The molecule has 7 nitrogen and oxygen atoms in total. The summed E-state index contributed by atoms with van der Waals surface area (Å²) < 4.78 is 10.3. The molecule has 184 valence electrons. The molecule has 4 unspecified atom stereocenters. The van der Waals surface area contributed by atoms with E-state index in [0.29, 0.717) is 16.9 Å². The molecule has 7 heteroatoms. The van der Waals surface area contributed by atoms with Gasteiger partial charge >= 0.3 is 11.9 Å². The number of carbonyl (C=O) groups is 3. The summed E-state index contributed by atoms with van der Waals surface area (Å²) in [5.74, 6) is -1.93. The number of anilines is 1. The molecule has 2 aliphatic heterocycles. The van der Waals surface area contributed by atoms with Crippen molar-refractivity contribution in [3.8, 4) is 11.8 Å². The molecule has 37 heavy (non-hydrogen) atoms. The predicted octanol–water partition coefficient (Wildman–Crippen LogP) is 4.55. The van der Waals surface area contributed by atoms with E-state index in [0.717, 1.165) is 11.3 Å². The number of benzene rings is 3. The second-order valence-corrected chi connectivity index (χ2v) is 9.06. The maximum Gasteiger partial charge on any atom is 0.329 e. The van der Waals surface area contributed by atoms with Gasteiger partial charge in [-0.05, 0) is 41.5 Å². The van der Waals surface area contributed by atoms with Crippen molar-refractivity contribution in [2.45, 2.75) is 24.9 Å². The van der Waals surface area contributed by atoms with Gasteiger partial charge < -0.3 is 14.4 Å². The van der Waals surface area contributed by atoms with Gasteiger partial charge in [-0.2, -0.15) is 5.26 Å². The van der Waals surface area contributed by atoms with Crippen molar-refractivity contribution in [1.29, 1.82) is 5.26 Å². The zero-order valence-electron chi connectivity index (χ0n) is 20.3. The van der Waals surface area contributed by atoms with Gasteiger partial charge in [0.25, 0.3) is 0 Å². The number of methoxy groups -OCH3 is 1. The fourth-order valence-corrected chi connectivity index (χ4v) is 5.59. The Morgan fingerprint density at radius 2 is 1.62 bits per heavy atom. The lowest BCUT2D eigenvalue weighted by Gasteiger charge is -2.36. The van der Waals surface area contributed by atoms with Crippen LogP contribution in [0.25, 0.3) is 6.08 Å². The van der Waals surface area contributed by atoms with Crippen LogP contribution in [-0.2, 0) is 14.3 Å². The van der Waals surface area contributed by atoms with Crippen molar-refractivity contribution in [2.75, 3.05) is 12.0 Å². The summed E-state index contributed by atoms with van der Waals surface area (Å²) in [5, 5.41) is 10.7. The van der Waals surface area contributed by atoms with Crippen LogP contribution in [0.15, 0.2) is 84.9 Å². The third kappa shape index (κ3) is 3.78. The van der Waals surface area contributed by atoms with Crippen LogP contribution < -0.4 is 9.64 Å². The average molecular weight is 493 g/mol. The van der Waals surface area contributed by atoms with E-state index in [-0.39, 0.29) is 5.78 Å². The molecule has 0 N–H and O–H groups in total. The van der Waals surface area contributed by atoms with Crippen LogP contribution in [0.5, 0.6) is 5.75 Å². The Labute approximate surface area is 214 Å². The maximum absolute atomic E-state index is 14.3. The number of carbonyl (C=O) groups excluding carboxylic acids is 3. The number of rotatable bonds is 5. The molecule has 0 spiro atoms. The van der Waals surface area contributed by atoms with Crippen LogP contribution in [-0.4, -0.2) is 36.9 Å². The SMILES string of the molecule is COC(=O)C1(C#N)C(c2ccccc2)C(C(=O)c2ccc(OC(C)=O)cc2)N2c3ccccc3C=CC21. The van der Waals surface area contributed by atoms with Gasteiger partial charge in [0.15, 0.2) is 11.2 Å². The Kier molecular flexibility index (Phi) is 6.10. The van der Waals surface area contributed by atoms with Crippen LogP contribution in [0, 0.1) is 16.7 Å². The van der Waals surface area contributed by atoms with Crippen LogP contribution in [0.4, 0.5) is 5.69 Å². The molecule has 0 amide bonds. The number of para-hydroxylation sites is 1. The largest absolute Gasteiger partial charge is 0.468 e. The minimum absolute atomic E-state index is 0.264. The summed E-state index contributed by atoms with van der Waals surface area (Å²) in [6, 6.07) is 23.7. The Morgan fingerprint density at radius 3 is 2.27 bits per heavy atom. The van der Waals surface area contributed by atoms with Gasteiger partial charge in [0, 0.05) is 24.1 Å². The lowest BCUT2D eigenvalue weighted by Crippen LogP contribution is -2.46. The van der Waals surface area contributed by atoms with Crippen LogP contribution in [0.2, 0.25) is 0 Å². The fourth-order valence-electron chi connectivity index (χ4n) is 5.59. The summed E-state index contributed by atoms with van der Waals surface area (Å²) in [6.45, 7) is 1.30. The zero-order chi connectivity index (χ0) is 26.2. The van der Waals surface area contributed by atoms with E-state index in [1.54, 1.807) is 24.3 Å². The van der Waals surface area contributed by atoms with Crippen LogP contribution >= 0.6 is 0 Å². The molecule has 2 heterocycles. The van der Waals surface area contributed by atoms with Crippen LogP contribution in [0.3, 0.4) is 0 Å². The third-order valence-electron chi connectivity index (χ3n) is 7.08. The fraction of sp³-hybridized carbons (Fsp3) is 0.200. The number of nitrogens with zero attached hydrogens (tertiary/aromatic N) is 2. The Bertz CT molecular complexity index is 1440. The molecule has 2 aliphatic rings. The number of Topliss-reactive ketones (excluding diaryl/α,β-unsaturated/α-hetero) is 1. The summed E-state index contributed by atoms with van der Waals surface area (Å²) in [4.78, 5) is 41.0. The van der Waals surface area contributed by atoms with E-state index in [4.69, 9.17) is 9.47 Å². The van der Waals surface area contributed by atoms with Gasteiger partial charge in [-0.3, -0.25) is 14.4 Å². The molecule has 3 aromatic rings. The number of hydrogen-bond donors (Lipinski definition) is 0. The normalized spacial score (nSPS) is 23.4. The predicted molar refractivity (Wildman–Crippen MR) is 137 cm³/mol. The van der Waals surface area contributed by atoms with Crippen molar-refractivity contribution in [1.82, 2.24) is 0 Å². The lowest BCUT2D eigenvalue weighted by molar-refractivity contribution is -0.150. The molecule has 5 rings (SSSR count). The first-order chi connectivity index (χ1) is 17.9. The zero-order valence-corrected chi connectivity index (χ0v) is 20.3. The highest BCUT2D eigenvalue weighted by Gasteiger charge is 2.67. The Morgan fingerprint density at radius 1 is 0.946 bits per heavy atom. The van der Waals surface area contributed by atoms with Gasteiger partial charge in [-0.1, -0.05) is 60.7 Å². The first-order valence-electron chi connectivity index (χ1n) is 11.8. The van der Waals surface area contributed by atoms with Gasteiger partial charge in [0.2, 0.25) is 0 Å². The molecule has 0 bridgehead atoms. The van der Waals surface area contributed by atoms with Gasteiger partial charge in [-0.15, -0.1) is 0 Å². The second kappa shape index (κ2) is 9.40. The number of esters is 2. The lowest BCUT2D eigenvalue weighted by atomic mass is 9.68. The minimum atomic E-state index is -1.68. The number of nitriles is 1. The van der Waals surface area contributed by atoms with Gasteiger partial charge in [-0.25, -0.2) is 0 Å². The average Bonchev–Trinajstić information content (AvgIpc) is 3.24. The van der Waals surface area contributed by atoms with Crippen molar-refractivity contribution in [2.24, 2.45) is 5.41 Å². The third-order valence-corrected chi connectivity index (χ3v) is 7.08. The van der Waals surface area contributed by atoms with Crippen molar-refractivity contribution >= 4 is 29.5 Å². The second-order valence-electron chi connectivity index (χ2n) is 9.06. The van der Waals surface area contributed by atoms with Gasteiger partial charge in [0.1, 0.15) is 11.8 Å². The van der Waals surface area contributed by atoms with Crippen LogP contribution in [0.1, 0.15) is 34.3 Å². The summed E-state index contributed by atoms with van der Waals surface area (Å²) in [5.41, 5.74) is 1.01. The molecule has 1 fully saturated rings. The van der Waals surface area contributed by atoms with Crippen molar-refractivity contribution in [3.05, 3.63) is 102 Å². The molecule has 0 radical (unpaired) electrons. The molecule has 0 aliphatic carbocycles. The van der Waals surface area contributed by atoms with Gasteiger partial charge in [0.05, 0.1) is 19.2 Å². The summed E-state index contributed by atoms with van der Waals surface area (Å²) >= 11 is 0. The van der Waals surface area contributed by atoms with E-state index in [1.165, 1.54) is 14.0 Å². The van der Waals surface area contributed by atoms with E-state index >= 15 is 0 Å². The molecule has 0 aromatic heterocycles. The minimum Gasteiger partial charge on any atom is -0.468 e. The highest BCUT2D eigenvalue weighted by molar-refractivity contribution is 6.06. The Balaban J connectivity index is 1.73. The number of ketones is 1. The quantitative estimate of drug-likeness (QED) is 0.293. The first kappa shape index (κ1) is 24.0. The highest BCUT2D eigenvalue weighted by Crippen LogP contribution is 2.56. The molecule has 3 aromatic carbocycles. The maximum atomic E-state index is 14.3. The molecule has 1 saturated heterocycles. The number of hydrogen-bond acceptors (Lipinski definition) is 7. The van der Waals surface area contributed by atoms with E-state index in [2.05, 4.69) is 6.07 Å². The van der Waals surface area contributed by atoms with Crippen molar-refractivity contribution < 1.29 is 23.9 Å². The molecule has 4 atom stereocenters. The number of ether oxygens (including phenoxy) is 2. The topological polar surface area (TPSA) is 96.7 Å². The van der Waals surface area contributed by atoms with Crippen molar-refractivity contribution in [3.63, 3.8) is 0 Å². The molecular weight excluding hydrogens is 468 g/mol. The highest BCUT2D eigenvalue weighted by atomic mass is 16.5. The number of fused-ring (bicyclic) bond motifs is 3. The first-order valence-corrected chi connectivity index (χ1v) is 11.8. The molecular formula is C30H24N2O5. The molecule has 0 saturated carbocycles. The smallest absolute Gasteiger partial charge is 0.329 e. The summed E-state index contributed by atoms with van der Waals surface area (Å²) in [7, 11) is 1.26. The standard InChI is InChI=1S/C30H24N2O5/c1-19(33)37-23-15-12-22(13-16-23)28(34)27-26(21-9-4-3-5-10-21)30(18-31,29(35)36-2)25-17-14-20-8-6-7-11-24(20)32(25)27/h3-17,25-27H,1-2H3. The Hall–Kier alpha value is -4.70. The monoisotopic (exact) mass is 492 g/mol. The van der Waals surface area contributed by atoms with E-state index in [1.807, 2.05) is 71.6 Å². The summed E-state index contributed by atoms with van der Waals surface area (Å²) in [6.07, 6.45) is 3.70.